The molecule has 1 aromatic carbocycles. The minimum atomic E-state index is 0. The Hall–Kier alpha value is -2.24. The van der Waals surface area contributed by atoms with Crippen LogP contribution in [0, 0.1) is 0 Å². The molecule has 0 radical (unpaired) electrons. The summed E-state index contributed by atoms with van der Waals surface area (Å²) >= 11 is 0. The number of benzene rings is 1. The largest absolute Gasteiger partial charge is 0.379 e. The number of pyridine rings is 1. The summed E-state index contributed by atoms with van der Waals surface area (Å²) < 4.78 is 12.9. The number of aromatic nitrogens is 3. The molecule has 0 aliphatic rings. The fourth-order valence-electron chi connectivity index (χ4n) is 2.96. The molecule has 31 heavy (non-hydrogen) atoms. The molecule has 0 bridgehead atoms. The van der Waals surface area contributed by atoms with Crippen molar-refractivity contribution in [2.24, 2.45) is 4.99 Å². The second-order valence-electron chi connectivity index (χ2n) is 6.66. The second kappa shape index (κ2) is 13.9. The van der Waals surface area contributed by atoms with E-state index in [9.17, 15) is 0 Å². The zero-order valence-electron chi connectivity index (χ0n) is 18.1. The lowest BCUT2D eigenvalue weighted by Crippen LogP contribution is -2.37. The predicted molar refractivity (Wildman–Crippen MR) is 133 cm³/mol. The maximum Gasteiger partial charge on any atom is 0.191 e. The predicted octanol–water partition coefficient (Wildman–Crippen LogP) is 3.16. The summed E-state index contributed by atoms with van der Waals surface area (Å²) in [6.07, 6.45) is 1.96. The zero-order chi connectivity index (χ0) is 21.0. The van der Waals surface area contributed by atoms with Crippen molar-refractivity contribution in [3.63, 3.8) is 0 Å². The number of nitrogens with zero attached hydrogens (tertiary/aromatic N) is 4. The number of hydrogen-bond donors (Lipinski definition) is 2. The van der Waals surface area contributed by atoms with Gasteiger partial charge >= 0.3 is 0 Å². The highest BCUT2D eigenvalue weighted by atomic mass is 127. The van der Waals surface area contributed by atoms with Crippen LogP contribution in [0.2, 0.25) is 0 Å². The Labute approximate surface area is 200 Å². The molecule has 0 aliphatic heterocycles. The van der Waals surface area contributed by atoms with Crippen LogP contribution in [0.5, 0.6) is 0 Å². The van der Waals surface area contributed by atoms with Crippen molar-refractivity contribution in [1.29, 1.82) is 0 Å². The third kappa shape index (κ3) is 8.08. The number of guanidine groups is 1. The standard InChI is InChI=1S/C22H30N6O2.HI/c1-3-23-22(25-16-21-27-26-20-10-5-6-11-28(20)21)24-15-18-8-7-9-19(14-18)17-30-13-12-29-4-2;/h5-11,14H,3-4,12-13,15-17H2,1-2H3,(H2,23,24,25);1H. The lowest BCUT2D eigenvalue weighted by Gasteiger charge is -2.11. The van der Waals surface area contributed by atoms with E-state index >= 15 is 0 Å². The highest BCUT2D eigenvalue weighted by molar-refractivity contribution is 14.0. The van der Waals surface area contributed by atoms with Crippen LogP contribution in [0.4, 0.5) is 0 Å². The number of ether oxygens (including phenoxy) is 2. The summed E-state index contributed by atoms with van der Waals surface area (Å²) in [7, 11) is 0. The topological polar surface area (TPSA) is 85.1 Å². The molecule has 0 atom stereocenters. The number of halogens is 1. The molecule has 9 heteroatoms. The highest BCUT2D eigenvalue weighted by Crippen LogP contribution is 2.08. The number of rotatable bonds is 11. The van der Waals surface area contributed by atoms with Gasteiger partial charge in [-0.15, -0.1) is 34.2 Å². The smallest absolute Gasteiger partial charge is 0.191 e. The van der Waals surface area contributed by atoms with Crippen LogP contribution in [-0.2, 0) is 29.2 Å². The molecule has 2 N–H and O–H groups in total. The zero-order valence-corrected chi connectivity index (χ0v) is 20.4. The fourth-order valence-corrected chi connectivity index (χ4v) is 2.96. The van der Waals surface area contributed by atoms with Gasteiger partial charge in [-0.05, 0) is 37.1 Å². The first kappa shape index (κ1) is 25.0. The molecule has 2 heterocycles. The summed E-state index contributed by atoms with van der Waals surface area (Å²) in [5, 5.41) is 15.0. The van der Waals surface area contributed by atoms with Crippen molar-refractivity contribution in [3.05, 3.63) is 65.6 Å². The van der Waals surface area contributed by atoms with E-state index in [4.69, 9.17) is 14.5 Å². The third-order valence-corrected chi connectivity index (χ3v) is 4.40. The molecular formula is C22H31IN6O2. The number of nitrogens with one attached hydrogen (secondary N) is 2. The van der Waals surface area contributed by atoms with Crippen LogP contribution in [-0.4, -0.2) is 46.9 Å². The molecule has 0 amide bonds. The fraction of sp³-hybridized carbons (Fsp3) is 0.409. The third-order valence-electron chi connectivity index (χ3n) is 4.40. The average molecular weight is 538 g/mol. The quantitative estimate of drug-likeness (QED) is 0.169. The minimum absolute atomic E-state index is 0. The van der Waals surface area contributed by atoms with Gasteiger partial charge in [0.2, 0.25) is 0 Å². The molecule has 0 unspecified atom stereocenters. The van der Waals surface area contributed by atoms with Gasteiger partial charge in [0.05, 0.1) is 32.9 Å². The summed E-state index contributed by atoms with van der Waals surface area (Å²) in [5.74, 6) is 1.57. The lowest BCUT2D eigenvalue weighted by molar-refractivity contribution is 0.0453. The summed E-state index contributed by atoms with van der Waals surface area (Å²) in [4.78, 5) is 4.70. The van der Waals surface area contributed by atoms with Crippen molar-refractivity contribution in [2.75, 3.05) is 26.4 Å². The molecule has 0 saturated carbocycles. The van der Waals surface area contributed by atoms with Crippen molar-refractivity contribution in [2.45, 2.75) is 33.5 Å². The second-order valence-corrected chi connectivity index (χ2v) is 6.66. The summed E-state index contributed by atoms with van der Waals surface area (Å²) in [6, 6.07) is 14.1. The molecule has 168 valence electrons. The Bertz CT molecular complexity index is 946. The summed E-state index contributed by atoms with van der Waals surface area (Å²) in [5.41, 5.74) is 3.09. The number of hydrogen-bond acceptors (Lipinski definition) is 5. The maximum atomic E-state index is 5.66. The lowest BCUT2D eigenvalue weighted by atomic mass is 10.1. The highest BCUT2D eigenvalue weighted by Gasteiger charge is 2.06. The number of fused-ring (bicyclic) bond motifs is 1. The van der Waals surface area contributed by atoms with E-state index in [1.807, 2.05) is 48.7 Å². The molecule has 3 rings (SSSR count). The van der Waals surface area contributed by atoms with Gasteiger partial charge in [0.25, 0.3) is 0 Å². The Kier molecular flexibility index (Phi) is 11.3. The van der Waals surface area contributed by atoms with Crippen LogP contribution >= 0.6 is 24.0 Å². The van der Waals surface area contributed by atoms with Gasteiger partial charge in [-0.2, -0.15) is 0 Å². The van der Waals surface area contributed by atoms with Gasteiger partial charge in [0, 0.05) is 19.3 Å². The van der Waals surface area contributed by atoms with E-state index in [0.717, 1.165) is 35.1 Å². The molecule has 3 aromatic rings. The van der Waals surface area contributed by atoms with Gasteiger partial charge < -0.3 is 20.1 Å². The van der Waals surface area contributed by atoms with Gasteiger partial charge in [-0.25, -0.2) is 4.99 Å². The Balaban J connectivity index is 0.00000341. The van der Waals surface area contributed by atoms with E-state index in [0.29, 0.717) is 39.5 Å². The van der Waals surface area contributed by atoms with E-state index in [1.54, 1.807) is 0 Å². The monoisotopic (exact) mass is 538 g/mol. The van der Waals surface area contributed by atoms with E-state index in [1.165, 1.54) is 0 Å². The molecule has 0 aliphatic carbocycles. The van der Waals surface area contributed by atoms with Crippen LogP contribution in [0.25, 0.3) is 5.65 Å². The first-order chi connectivity index (χ1) is 14.8. The molecule has 0 saturated heterocycles. The van der Waals surface area contributed by atoms with Crippen molar-refractivity contribution in [3.8, 4) is 0 Å². The van der Waals surface area contributed by atoms with Crippen LogP contribution in [0.15, 0.2) is 53.7 Å². The molecule has 0 spiro atoms. The van der Waals surface area contributed by atoms with E-state index < -0.39 is 0 Å². The first-order valence-electron chi connectivity index (χ1n) is 10.3. The molecule has 8 nitrogen and oxygen atoms in total. The minimum Gasteiger partial charge on any atom is -0.379 e. The normalized spacial score (nSPS) is 11.4. The molecule has 0 fully saturated rings. The van der Waals surface area contributed by atoms with E-state index in [2.05, 4.69) is 39.0 Å². The van der Waals surface area contributed by atoms with Gasteiger partial charge in [-0.1, -0.05) is 30.3 Å². The van der Waals surface area contributed by atoms with Gasteiger partial charge in [0.1, 0.15) is 0 Å². The average Bonchev–Trinajstić information content (AvgIpc) is 3.19. The van der Waals surface area contributed by atoms with Gasteiger partial charge in [-0.3, -0.25) is 4.40 Å². The number of aliphatic imine (C=N–C) groups is 1. The summed E-state index contributed by atoms with van der Waals surface area (Å²) in [6.45, 7) is 8.42. The van der Waals surface area contributed by atoms with Gasteiger partial charge in [0.15, 0.2) is 17.4 Å². The van der Waals surface area contributed by atoms with Crippen LogP contribution < -0.4 is 10.6 Å². The van der Waals surface area contributed by atoms with Crippen LogP contribution in [0.3, 0.4) is 0 Å². The Morgan fingerprint density at radius 2 is 1.84 bits per heavy atom. The van der Waals surface area contributed by atoms with Crippen molar-refractivity contribution in [1.82, 2.24) is 25.2 Å². The Morgan fingerprint density at radius 3 is 2.68 bits per heavy atom. The van der Waals surface area contributed by atoms with E-state index in [-0.39, 0.29) is 24.0 Å². The van der Waals surface area contributed by atoms with Crippen LogP contribution in [0.1, 0.15) is 30.8 Å². The maximum absolute atomic E-state index is 5.66. The SMILES string of the molecule is CCNC(=NCc1cccc(COCCOCC)c1)NCc1nnc2ccccn12.I. The van der Waals surface area contributed by atoms with Crippen molar-refractivity contribution < 1.29 is 9.47 Å². The molecule has 2 aromatic heterocycles. The first-order valence-corrected chi connectivity index (χ1v) is 10.3. The Morgan fingerprint density at radius 1 is 1.00 bits per heavy atom. The molecular weight excluding hydrogens is 507 g/mol. The van der Waals surface area contributed by atoms with Crippen molar-refractivity contribution >= 4 is 35.6 Å².